The van der Waals surface area contributed by atoms with Gasteiger partial charge in [-0.1, -0.05) is 6.47 Å². The minimum absolute atomic E-state index is 0. The van der Waals surface area contributed by atoms with Crippen molar-refractivity contribution in [3.8, 4) is 0 Å². The summed E-state index contributed by atoms with van der Waals surface area (Å²) in [6, 6.07) is 0. The van der Waals surface area contributed by atoms with Gasteiger partial charge in [0.2, 0.25) is 0 Å². The van der Waals surface area contributed by atoms with Crippen LogP contribution < -0.4 is 0 Å². The van der Waals surface area contributed by atoms with Crippen molar-refractivity contribution in [3.63, 3.8) is 0 Å². The van der Waals surface area contributed by atoms with Crippen molar-refractivity contribution in [3.05, 3.63) is 7.43 Å². The zero-order valence-electron chi connectivity index (χ0n) is 6.50. The van der Waals surface area contributed by atoms with Gasteiger partial charge in [-0.2, -0.15) is 0 Å². The number of rotatable bonds is 3. The van der Waals surface area contributed by atoms with Crippen LogP contribution in [-0.2, 0) is 42.2 Å². The number of hydrogen-bond acceptors (Lipinski definition) is 3. The normalized spacial score (nSPS) is 13.5. The Kier molecular flexibility index (Phi) is 16.1. The van der Waals surface area contributed by atoms with Gasteiger partial charge >= 0.3 is 0 Å². The molecular weight excluding hydrogens is 209 g/mol. The second kappa shape index (κ2) is 9.53. The molecule has 0 saturated carbocycles. The van der Waals surface area contributed by atoms with Crippen LogP contribution in [0.1, 0.15) is 13.8 Å². The van der Waals surface area contributed by atoms with Crippen LogP contribution in [-0.4, -0.2) is 23.8 Å². The number of ether oxygens (including phenoxy) is 1. The monoisotopic (exact) mass is 221 g/mol. The van der Waals surface area contributed by atoms with E-state index in [1.807, 2.05) is 0 Å². The molecule has 0 aromatic carbocycles. The molecule has 0 aliphatic rings. The molecule has 3 nitrogen and oxygen atoms in total. The summed E-state index contributed by atoms with van der Waals surface area (Å²) in [6.07, 6.45) is -1.07. The Hall–Kier alpha value is 0.534. The quantitative estimate of drug-likeness (QED) is 0.696. The molecule has 0 amide bonds. The smallest absolute Gasteiger partial charge is 0.0844 e. The van der Waals surface area contributed by atoms with Crippen LogP contribution in [0.3, 0.4) is 0 Å². The number of aliphatic hydroxyl groups is 1. The second-order valence-electron chi connectivity index (χ2n) is 1.65. The molecule has 0 aromatic rings. The Morgan fingerprint density at radius 1 is 1.50 bits per heavy atom. The molecule has 0 saturated heterocycles. The van der Waals surface area contributed by atoms with Gasteiger partial charge in [0.15, 0.2) is 0 Å². The van der Waals surface area contributed by atoms with Crippen molar-refractivity contribution < 1.29 is 47.3 Å². The maximum absolute atomic E-state index is 9.46. The van der Waals surface area contributed by atoms with Gasteiger partial charge in [0.05, 0.1) is 12.2 Å². The summed E-state index contributed by atoms with van der Waals surface area (Å²) >= 11 is 0. The standard InChI is InChI=1S/C5H9O3.CH3.Y/c1-4(7)5(2)8-3-6;;/h4-5,7H,1-2H3;1H3;/q2*-1;. The molecule has 0 fully saturated rings. The van der Waals surface area contributed by atoms with Crippen LogP contribution in [0.4, 0.5) is 0 Å². The Labute approximate surface area is 87.0 Å². The van der Waals surface area contributed by atoms with E-state index in [1.165, 1.54) is 6.47 Å². The number of carbonyl (C=O) groups excluding carboxylic acids is 1. The maximum atomic E-state index is 9.46. The molecule has 4 heteroatoms. The van der Waals surface area contributed by atoms with Gasteiger partial charge in [0, 0.05) is 32.7 Å². The summed E-state index contributed by atoms with van der Waals surface area (Å²) in [5.74, 6) is 0. The molecule has 0 aliphatic heterocycles. The Morgan fingerprint density at radius 2 is 1.90 bits per heavy atom. The van der Waals surface area contributed by atoms with E-state index in [-0.39, 0.29) is 40.1 Å². The van der Waals surface area contributed by atoms with Crippen LogP contribution in [0.5, 0.6) is 0 Å². The fraction of sp³-hybridized carbons (Fsp3) is 0.667. The van der Waals surface area contributed by atoms with E-state index in [1.54, 1.807) is 13.8 Å². The van der Waals surface area contributed by atoms with E-state index in [9.17, 15) is 4.79 Å². The minimum atomic E-state index is -0.614. The molecule has 0 rings (SSSR count). The first kappa shape index (κ1) is 16.9. The first-order valence-electron chi connectivity index (χ1n) is 2.39. The van der Waals surface area contributed by atoms with Crippen molar-refractivity contribution in [1.82, 2.24) is 0 Å². The fourth-order valence-electron chi connectivity index (χ4n) is 0.174. The van der Waals surface area contributed by atoms with Gasteiger partial charge in [-0.15, -0.1) is 0 Å². The minimum Gasteiger partial charge on any atom is -0.649 e. The molecule has 1 radical (unpaired) electrons. The Balaban J connectivity index is -0.000000245. The molecule has 0 aliphatic carbocycles. The topological polar surface area (TPSA) is 46.5 Å². The summed E-state index contributed by atoms with van der Waals surface area (Å²) in [6.45, 7) is 4.38. The Bertz CT molecular complexity index is 75.4. The van der Waals surface area contributed by atoms with Gasteiger partial charge in [-0.05, 0) is 13.8 Å². The summed E-state index contributed by atoms with van der Waals surface area (Å²) in [4.78, 5) is 9.46. The van der Waals surface area contributed by atoms with E-state index in [2.05, 4.69) is 4.74 Å². The molecule has 2 atom stereocenters. The average molecular weight is 221 g/mol. The van der Waals surface area contributed by atoms with Gasteiger partial charge in [-0.25, -0.2) is 0 Å². The van der Waals surface area contributed by atoms with Crippen LogP contribution in [0, 0.1) is 7.43 Å². The first-order chi connectivity index (χ1) is 3.68. The fourth-order valence-corrected chi connectivity index (χ4v) is 0.174. The van der Waals surface area contributed by atoms with Crippen molar-refractivity contribution in [2.24, 2.45) is 0 Å². The summed E-state index contributed by atoms with van der Waals surface area (Å²) < 4.78 is 4.25. The maximum Gasteiger partial charge on any atom is 0.0844 e. The van der Waals surface area contributed by atoms with E-state index in [4.69, 9.17) is 5.11 Å². The molecule has 0 spiro atoms. The van der Waals surface area contributed by atoms with Crippen LogP contribution in [0.25, 0.3) is 0 Å². The van der Waals surface area contributed by atoms with E-state index >= 15 is 0 Å². The number of hydrogen-bond donors (Lipinski definition) is 1. The number of aliphatic hydroxyl groups excluding tert-OH is 1. The van der Waals surface area contributed by atoms with Crippen molar-refractivity contribution in [1.29, 1.82) is 0 Å². The van der Waals surface area contributed by atoms with E-state index in [0.717, 1.165) is 0 Å². The van der Waals surface area contributed by atoms with E-state index < -0.39 is 12.2 Å². The first-order valence-corrected chi connectivity index (χ1v) is 2.39. The third kappa shape index (κ3) is 8.53. The van der Waals surface area contributed by atoms with Crippen molar-refractivity contribution in [2.75, 3.05) is 0 Å². The van der Waals surface area contributed by atoms with Gasteiger partial charge < -0.3 is 22.1 Å². The van der Waals surface area contributed by atoms with Crippen LogP contribution in [0.2, 0.25) is 0 Å². The molecule has 0 aromatic heterocycles. The molecule has 59 valence electrons. The Morgan fingerprint density at radius 3 is 2.00 bits per heavy atom. The third-order valence-electron chi connectivity index (χ3n) is 0.913. The zero-order chi connectivity index (χ0) is 6.57. The van der Waals surface area contributed by atoms with Crippen molar-refractivity contribution in [2.45, 2.75) is 26.1 Å². The van der Waals surface area contributed by atoms with Crippen molar-refractivity contribution >= 4 is 6.47 Å². The molecule has 2 unspecified atom stereocenters. The summed E-state index contributed by atoms with van der Waals surface area (Å²) in [5, 5.41) is 8.65. The zero-order valence-corrected chi connectivity index (χ0v) is 9.33. The SMILES string of the molecule is CC(O)C(C)O[C-]=O.[CH3-].[Y]. The second-order valence-corrected chi connectivity index (χ2v) is 1.65. The molecule has 0 heterocycles. The molecular formula is C6H12O3Y-2. The predicted molar refractivity (Wildman–Crippen MR) is 34.3 cm³/mol. The molecule has 0 bridgehead atoms. The van der Waals surface area contributed by atoms with Crippen LogP contribution in [0.15, 0.2) is 0 Å². The summed E-state index contributed by atoms with van der Waals surface area (Å²) in [7, 11) is 0. The predicted octanol–water partition coefficient (Wildman–Crippen LogP) is 0.287. The summed E-state index contributed by atoms with van der Waals surface area (Å²) in [5.41, 5.74) is 0. The molecule has 10 heavy (non-hydrogen) atoms. The van der Waals surface area contributed by atoms with E-state index in [0.29, 0.717) is 0 Å². The largest absolute Gasteiger partial charge is 0.649 e. The third-order valence-corrected chi connectivity index (χ3v) is 0.913. The van der Waals surface area contributed by atoms with Crippen LogP contribution >= 0.6 is 0 Å². The average Bonchev–Trinajstić information content (AvgIpc) is 1.67. The van der Waals surface area contributed by atoms with Gasteiger partial charge in [-0.3, -0.25) is 0 Å². The molecule has 1 N–H and O–H groups in total. The van der Waals surface area contributed by atoms with Gasteiger partial charge in [0.25, 0.3) is 0 Å². The van der Waals surface area contributed by atoms with Gasteiger partial charge in [0.1, 0.15) is 0 Å².